The molecule has 3 aromatic heterocycles. The minimum absolute atomic E-state index is 0.00333. The smallest absolute Gasteiger partial charge is 0.449 e. The molecule has 3 heterocycles. The van der Waals surface area contributed by atoms with E-state index in [4.69, 9.17) is 5.11 Å². The number of thiophene rings is 1. The molecule has 4 rings (SSSR count). The third-order valence-corrected chi connectivity index (χ3v) is 8.06. The Hall–Kier alpha value is -3.38. The Morgan fingerprint density at radius 1 is 1.14 bits per heavy atom. The van der Waals surface area contributed by atoms with Crippen LogP contribution in [0.1, 0.15) is 43.3 Å². The second kappa shape index (κ2) is 8.93. The van der Waals surface area contributed by atoms with E-state index in [1.807, 2.05) is 20.8 Å². The van der Waals surface area contributed by atoms with Gasteiger partial charge in [-0.2, -0.15) is 13.2 Å². The van der Waals surface area contributed by atoms with Gasteiger partial charge in [0.2, 0.25) is 0 Å². The fourth-order valence-corrected chi connectivity index (χ4v) is 6.06. The first kappa shape index (κ1) is 25.7. The van der Waals surface area contributed by atoms with Crippen LogP contribution in [0.4, 0.5) is 18.0 Å². The highest BCUT2D eigenvalue weighted by atomic mass is 32.2. The van der Waals surface area contributed by atoms with Gasteiger partial charge in [0.25, 0.3) is 10.0 Å². The van der Waals surface area contributed by atoms with Gasteiger partial charge < -0.3 is 9.84 Å². The second-order valence-electron chi connectivity index (χ2n) is 9.13. The molecule has 0 radical (unpaired) electrons. The number of aromatic nitrogens is 2. The largest absolute Gasteiger partial charge is 0.512 e. The lowest BCUT2D eigenvalue weighted by Gasteiger charge is -2.20. The average molecular weight is 539 g/mol. The Bertz CT molecular complexity index is 1560. The predicted octanol–water partition coefficient (Wildman–Crippen LogP) is 6.30. The van der Waals surface area contributed by atoms with Gasteiger partial charge in [-0.1, -0.05) is 32.9 Å². The van der Waals surface area contributed by atoms with Gasteiger partial charge in [0.15, 0.2) is 5.06 Å². The van der Waals surface area contributed by atoms with Crippen LogP contribution in [0.3, 0.4) is 0 Å². The summed E-state index contributed by atoms with van der Waals surface area (Å²) in [5.74, 6) is 0. The lowest BCUT2D eigenvalue weighted by molar-refractivity contribution is -0.141. The lowest BCUT2D eigenvalue weighted by Crippen LogP contribution is -2.18. The normalized spacial score (nSPS) is 12.7. The number of carboxylic acid groups (broad SMARTS) is 1. The van der Waals surface area contributed by atoms with Crippen molar-refractivity contribution >= 4 is 38.4 Å². The van der Waals surface area contributed by atoms with E-state index in [9.17, 15) is 26.4 Å². The number of alkyl halides is 3. The topological polar surface area (TPSA) is 98.5 Å². The maximum atomic E-state index is 13.8. The maximum absolute atomic E-state index is 13.8. The van der Waals surface area contributed by atoms with Gasteiger partial charge in [-0.25, -0.2) is 22.2 Å². The van der Waals surface area contributed by atoms with Gasteiger partial charge in [-0.3, -0.25) is 0 Å². The van der Waals surface area contributed by atoms with Crippen molar-refractivity contribution in [3.05, 3.63) is 76.6 Å². The highest BCUT2D eigenvalue weighted by Gasteiger charge is 2.34. The fourth-order valence-electron chi connectivity index (χ4n) is 3.73. The number of ether oxygens (including phenoxy) is 1. The number of pyridine rings is 1. The van der Waals surface area contributed by atoms with E-state index in [1.54, 1.807) is 23.6 Å². The molecular weight excluding hydrogens is 517 g/mol. The van der Waals surface area contributed by atoms with E-state index in [0.29, 0.717) is 5.56 Å². The van der Waals surface area contributed by atoms with Crippen LogP contribution in [0, 0.1) is 0 Å². The summed E-state index contributed by atoms with van der Waals surface area (Å²) in [5, 5.41) is 10.5. The van der Waals surface area contributed by atoms with Gasteiger partial charge in [0.05, 0.1) is 16.6 Å². The Balaban J connectivity index is 1.90. The molecule has 1 N–H and O–H groups in total. The minimum Gasteiger partial charge on any atom is -0.449 e. The number of fused-ring (bicyclic) bond motifs is 1. The number of hydrogen-bond donors (Lipinski definition) is 1. The first-order chi connectivity index (χ1) is 16.7. The van der Waals surface area contributed by atoms with Crippen LogP contribution in [0.15, 0.2) is 58.9 Å². The molecule has 36 heavy (non-hydrogen) atoms. The molecule has 190 valence electrons. The van der Waals surface area contributed by atoms with Gasteiger partial charge in [0.1, 0.15) is 5.69 Å². The fraction of sp³-hybridized carbons (Fsp3) is 0.250. The van der Waals surface area contributed by atoms with Crippen molar-refractivity contribution in [2.24, 2.45) is 0 Å². The molecule has 0 aliphatic heterocycles. The summed E-state index contributed by atoms with van der Waals surface area (Å²) >= 11 is 1.00. The van der Waals surface area contributed by atoms with Crippen molar-refractivity contribution in [3.8, 4) is 5.06 Å². The van der Waals surface area contributed by atoms with Crippen LogP contribution >= 0.6 is 11.3 Å². The molecule has 0 saturated heterocycles. The molecule has 0 bridgehead atoms. The standard InChI is InChI=1S/C24H21F3N2O5S2/c1-23(2,3)16-5-4-6-18(11-16)36(32,33)29-17(7-14-8-21(35-13-14)34-22(30)31)9-15-10-20(24(25,26)27)28-12-19(15)29/h4-6,8-13H,7H2,1-3H3,(H,30,31). The zero-order valence-electron chi connectivity index (χ0n) is 19.3. The third-order valence-electron chi connectivity index (χ3n) is 5.45. The molecule has 12 heteroatoms. The number of halogens is 3. The number of hydrogen-bond acceptors (Lipinski definition) is 6. The summed E-state index contributed by atoms with van der Waals surface area (Å²) in [6, 6.07) is 10.0. The first-order valence-electron chi connectivity index (χ1n) is 10.6. The van der Waals surface area contributed by atoms with E-state index < -0.39 is 28.0 Å². The molecule has 0 atom stereocenters. The van der Waals surface area contributed by atoms with Crippen LogP contribution in [0.2, 0.25) is 0 Å². The Kier molecular flexibility index (Phi) is 6.38. The molecular formula is C24H21F3N2O5S2. The summed E-state index contributed by atoms with van der Waals surface area (Å²) in [4.78, 5) is 14.3. The molecule has 7 nitrogen and oxygen atoms in total. The lowest BCUT2D eigenvalue weighted by atomic mass is 9.87. The van der Waals surface area contributed by atoms with E-state index in [-0.39, 0.29) is 38.4 Å². The molecule has 0 aliphatic rings. The van der Waals surface area contributed by atoms with E-state index >= 15 is 0 Å². The monoisotopic (exact) mass is 538 g/mol. The average Bonchev–Trinajstić information content (AvgIpc) is 3.35. The molecule has 0 aliphatic carbocycles. The quantitative estimate of drug-likeness (QED) is 0.300. The Morgan fingerprint density at radius 2 is 1.86 bits per heavy atom. The summed E-state index contributed by atoms with van der Waals surface area (Å²) in [7, 11) is -4.24. The molecule has 0 fully saturated rings. The zero-order valence-corrected chi connectivity index (χ0v) is 21.0. The van der Waals surface area contributed by atoms with Crippen LogP contribution in [-0.4, -0.2) is 28.6 Å². The second-order valence-corrected chi connectivity index (χ2v) is 11.8. The van der Waals surface area contributed by atoms with Crippen molar-refractivity contribution < 1.29 is 36.2 Å². The van der Waals surface area contributed by atoms with Gasteiger partial charge >= 0.3 is 12.3 Å². The van der Waals surface area contributed by atoms with E-state index in [2.05, 4.69) is 9.72 Å². The summed E-state index contributed by atoms with van der Waals surface area (Å²) < 4.78 is 73.2. The van der Waals surface area contributed by atoms with Crippen molar-refractivity contribution in [3.63, 3.8) is 0 Å². The SMILES string of the molecule is CC(C)(C)c1cccc(S(=O)(=O)n2c(Cc3csc(OC(=O)O)c3)cc3cc(C(F)(F)F)ncc32)c1. The predicted molar refractivity (Wildman–Crippen MR) is 128 cm³/mol. The number of benzene rings is 1. The Labute approximate surface area is 208 Å². The molecule has 1 aromatic carbocycles. The van der Waals surface area contributed by atoms with E-state index in [0.717, 1.165) is 33.1 Å². The van der Waals surface area contributed by atoms with E-state index in [1.165, 1.54) is 18.2 Å². The number of rotatable bonds is 5. The first-order valence-corrected chi connectivity index (χ1v) is 12.9. The van der Waals surface area contributed by atoms with Gasteiger partial charge in [-0.15, -0.1) is 11.3 Å². The highest BCUT2D eigenvalue weighted by Crippen LogP contribution is 2.34. The maximum Gasteiger partial charge on any atom is 0.512 e. The number of carbonyl (C=O) groups is 1. The Morgan fingerprint density at radius 3 is 2.50 bits per heavy atom. The van der Waals surface area contributed by atoms with Crippen molar-refractivity contribution in [1.29, 1.82) is 0 Å². The van der Waals surface area contributed by atoms with Crippen LogP contribution in [0.5, 0.6) is 5.06 Å². The van der Waals surface area contributed by atoms with Crippen molar-refractivity contribution in [1.82, 2.24) is 8.96 Å². The summed E-state index contributed by atoms with van der Waals surface area (Å²) in [5.41, 5.74) is 0.00483. The molecule has 0 amide bonds. The molecule has 4 aromatic rings. The summed E-state index contributed by atoms with van der Waals surface area (Å²) in [6.07, 6.45) is -5.30. The van der Waals surface area contributed by atoms with Crippen LogP contribution in [0.25, 0.3) is 10.9 Å². The minimum atomic E-state index is -4.70. The van der Waals surface area contributed by atoms with Crippen LogP contribution in [-0.2, 0) is 28.0 Å². The summed E-state index contributed by atoms with van der Waals surface area (Å²) in [6.45, 7) is 5.81. The van der Waals surface area contributed by atoms with Gasteiger partial charge in [-0.05, 0) is 52.3 Å². The zero-order chi connectivity index (χ0) is 26.5. The number of nitrogens with zero attached hydrogens (tertiary/aromatic N) is 2. The third kappa shape index (κ3) is 5.09. The highest BCUT2D eigenvalue weighted by molar-refractivity contribution is 7.90. The molecule has 0 unspecified atom stereocenters. The van der Waals surface area contributed by atoms with Crippen molar-refractivity contribution in [2.45, 2.75) is 43.7 Å². The molecule has 0 saturated carbocycles. The van der Waals surface area contributed by atoms with Crippen molar-refractivity contribution in [2.75, 3.05) is 0 Å². The molecule has 0 spiro atoms. The van der Waals surface area contributed by atoms with Crippen LogP contribution < -0.4 is 4.74 Å². The van der Waals surface area contributed by atoms with Gasteiger partial charge in [0, 0.05) is 17.5 Å².